The van der Waals surface area contributed by atoms with Gasteiger partial charge in [-0.25, -0.2) is 13.6 Å². The zero-order valence-corrected chi connectivity index (χ0v) is 9.97. The average Bonchev–Trinajstić information content (AvgIpc) is 2.14. The molecule has 0 saturated carbocycles. The lowest BCUT2D eigenvalue weighted by Gasteiger charge is -2.10. The molecule has 0 heterocycles. The standard InChI is InChI=1S/C11H17NO2S/c1-3-4-7-10-9(2)6-5-8-11(10)15(12,13)14/h5-6,8H,3-4,7H2,1-2H3,(H2,12,13,14). The van der Waals surface area contributed by atoms with Crippen molar-refractivity contribution in [3.8, 4) is 0 Å². The van der Waals surface area contributed by atoms with Gasteiger partial charge in [-0.15, -0.1) is 0 Å². The quantitative estimate of drug-likeness (QED) is 0.855. The third-order valence-corrected chi connectivity index (χ3v) is 3.45. The largest absolute Gasteiger partial charge is 0.238 e. The zero-order valence-electron chi connectivity index (χ0n) is 9.16. The summed E-state index contributed by atoms with van der Waals surface area (Å²) < 4.78 is 22.7. The Labute approximate surface area is 91.4 Å². The molecule has 1 rings (SSSR count). The Morgan fingerprint density at radius 2 is 2.00 bits per heavy atom. The molecule has 0 spiro atoms. The topological polar surface area (TPSA) is 60.2 Å². The normalized spacial score (nSPS) is 11.7. The van der Waals surface area contributed by atoms with E-state index in [4.69, 9.17) is 5.14 Å². The number of nitrogens with two attached hydrogens (primary N) is 1. The van der Waals surface area contributed by atoms with Gasteiger partial charge in [-0.3, -0.25) is 0 Å². The highest BCUT2D eigenvalue weighted by atomic mass is 32.2. The minimum Gasteiger partial charge on any atom is -0.225 e. The van der Waals surface area contributed by atoms with E-state index in [0.717, 1.165) is 30.4 Å². The lowest BCUT2D eigenvalue weighted by Crippen LogP contribution is -2.15. The van der Waals surface area contributed by atoms with Crippen molar-refractivity contribution in [2.24, 2.45) is 5.14 Å². The molecule has 0 aliphatic heterocycles. The van der Waals surface area contributed by atoms with Crippen molar-refractivity contribution < 1.29 is 8.42 Å². The first-order valence-corrected chi connectivity index (χ1v) is 6.62. The predicted octanol–water partition coefficient (Wildman–Crippen LogP) is 1.99. The van der Waals surface area contributed by atoms with E-state index >= 15 is 0 Å². The Morgan fingerprint density at radius 3 is 2.53 bits per heavy atom. The van der Waals surface area contributed by atoms with Crippen molar-refractivity contribution in [1.29, 1.82) is 0 Å². The van der Waals surface area contributed by atoms with Crippen LogP contribution in [0.3, 0.4) is 0 Å². The second kappa shape index (κ2) is 4.77. The molecule has 0 radical (unpaired) electrons. The van der Waals surface area contributed by atoms with Crippen LogP contribution in [-0.4, -0.2) is 8.42 Å². The van der Waals surface area contributed by atoms with Crippen molar-refractivity contribution in [3.63, 3.8) is 0 Å². The number of sulfonamides is 1. The fourth-order valence-electron chi connectivity index (χ4n) is 1.62. The number of primary sulfonamides is 1. The first kappa shape index (κ1) is 12.2. The van der Waals surface area contributed by atoms with Crippen molar-refractivity contribution >= 4 is 10.0 Å². The molecule has 0 bridgehead atoms. The molecule has 4 heteroatoms. The minimum atomic E-state index is -3.59. The van der Waals surface area contributed by atoms with Crippen molar-refractivity contribution in [3.05, 3.63) is 29.3 Å². The van der Waals surface area contributed by atoms with Gasteiger partial charge in [0, 0.05) is 0 Å². The lowest BCUT2D eigenvalue weighted by molar-refractivity contribution is 0.596. The van der Waals surface area contributed by atoms with Gasteiger partial charge in [0.2, 0.25) is 10.0 Å². The summed E-state index contributed by atoms with van der Waals surface area (Å²) in [4.78, 5) is 0.274. The summed E-state index contributed by atoms with van der Waals surface area (Å²) in [6.45, 7) is 3.99. The Bertz CT molecular complexity index is 438. The maximum atomic E-state index is 11.3. The molecular formula is C11H17NO2S. The van der Waals surface area contributed by atoms with Crippen LogP contribution < -0.4 is 5.14 Å². The molecule has 0 aliphatic carbocycles. The van der Waals surface area contributed by atoms with Gasteiger partial charge in [-0.2, -0.15) is 0 Å². The summed E-state index contributed by atoms with van der Waals surface area (Å²) in [6.07, 6.45) is 2.79. The second-order valence-corrected chi connectivity index (χ2v) is 5.23. The summed E-state index contributed by atoms with van der Waals surface area (Å²) in [5.74, 6) is 0. The minimum absolute atomic E-state index is 0.274. The maximum Gasteiger partial charge on any atom is 0.238 e. The van der Waals surface area contributed by atoms with Gasteiger partial charge in [0.25, 0.3) is 0 Å². The molecule has 0 aliphatic rings. The molecule has 2 N–H and O–H groups in total. The fourth-order valence-corrected chi connectivity index (χ4v) is 2.49. The van der Waals surface area contributed by atoms with Gasteiger partial charge in [0.1, 0.15) is 0 Å². The highest BCUT2D eigenvalue weighted by Crippen LogP contribution is 2.20. The van der Waals surface area contributed by atoms with Crippen LogP contribution >= 0.6 is 0 Å². The number of benzene rings is 1. The zero-order chi connectivity index (χ0) is 11.5. The Kier molecular flexibility index (Phi) is 3.88. The molecule has 1 aromatic rings. The summed E-state index contributed by atoms with van der Waals surface area (Å²) >= 11 is 0. The van der Waals surface area contributed by atoms with Crippen molar-refractivity contribution in [1.82, 2.24) is 0 Å². The number of hydrogen-bond acceptors (Lipinski definition) is 2. The third kappa shape index (κ3) is 3.04. The van der Waals surface area contributed by atoms with Gasteiger partial charge < -0.3 is 0 Å². The van der Waals surface area contributed by atoms with Gasteiger partial charge in [0.15, 0.2) is 0 Å². The summed E-state index contributed by atoms with van der Waals surface area (Å²) in [5, 5.41) is 5.17. The van der Waals surface area contributed by atoms with Crippen LogP contribution in [0.2, 0.25) is 0 Å². The highest BCUT2D eigenvalue weighted by Gasteiger charge is 2.14. The molecule has 15 heavy (non-hydrogen) atoms. The Balaban J connectivity index is 3.21. The molecule has 3 nitrogen and oxygen atoms in total. The lowest BCUT2D eigenvalue weighted by atomic mass is 10.0. The van der Waals surface area contributed by atoms with Crippen molar-refractivity contribution in [2.45, 2.75) is 38.0 Å². The van der Waals surface area contributed by atoms with Crippen molar-refractivity contribution in [2.75, 3.05) is 0 Å². The molecule has 0 atom stereocenters. The number of unbranched alkanes of at least 4 members (excludes halogenated alkanes) is 1. The van der Waals surface area contributed by atoms with Crippen LogP contribution in [0.4, 0.5) is 0 Å². The average molecular weight is 227 g/mol. The van der Waals surface area contributed by atoms with Gasteiger partial charge >= 0.3 is 0 Å². The van der Waals surface area contributed by atoms with Gasteiger partial charge in [-0.05, 0) is 37.0 Å². The van der Waals surface area contributed by atoms with Gasteiger partial charge in [-0.1, -0.05) is 25.5 Å². The van der Waals surface area contributed by atoms with Crippen LogP contribution in [0.15, 0.2) is 23.1 Å². The van der Waals surface area contributed by atoms with Crippen LogP contribution in [0.5, 0.6) is 0 Å². The molecule has 0 saturated heterocycles. The highest BCUT2D eigenvalue weighted by molar-refractivity contribution is 7.89. The van der Waals surface area contributed by atoms with E-state index in [0.29, 0.717) is 0 Å². The first-order valence-electron chi connectivity index (χ1n) is 5.08. The Hall–Kier alpha value is -0.870. The first-order chi connectivity index (χ1) is 6.96. The third-order valence-electron chi connectivity index (χ3n) is 2.45. The van der Waals surface area contributed by atoms with E-state index < -0.39 is 10.0 Å². The number of aryl methyl sites for hydroxylation is 1. The molecule has 84 valence electrons. The summed E-state index contributed by atoms with van der Waals surface area (Å²) in [6, 6.07) is 5.22. The van der Waals surface area contributed by atoms with E-state index in [-0.39, 0.29) is 4.90 Å². The van der Waals surface area contributed by atoms with Crippen LogP contribution in [0, 0.1) is 6.92 Å². The predicted molar refractivity (Wildman–Crippen MR) is 61.2 cm³/mol. The molecule has 0 fully saturated rings. The van der Waals surface area contributed by atoms with Crippen LogP contribution in [-0.2, 0) is 16.4 Å². The van der Waals surface area contributed by atoms with Crippen LogP contribution in [0.25, 0.3) is 0 Å². The second-order valence-electron chi connectivity index (χ2n) is 3.70. The van der Waals surface area contributed by atoms with E-state index in [2.05, 4.69) is 6.92 Å². The smallest absolute Gasteiger partial charge is 0.225 e. The SMILES string of the molecule is CCCCc1c(C)cccc1S(N)(=O)=O. The van der Waals surface area contributed by atoms with E-state index in [1.165, 1.54) is 0 Å². The molecule has 0 amide bonds. The molecule has 0 unspecified atom stereocenters. The molecular weight excluding hydrogens is 210 g/mol. The monoisotopic (exact) mass is 227 g/mol. The molecule has 0 aromatic heterocycles. The van der Waals surface area contributed by atoms with Gasteiger partial charge in [0.05, 0.1) is 4.90 Å². The Morgan fingerprint density at radius 1 is 1.33 bits per heavy atom. The number of hydrogen-bond donors (Lipinski definition) is 1. The van der Waals surface area contributed by atoms with E-state index in [1.807, 2.05) is 13.0 Å². The molecule has 1 aromatic carbocycles. The van der Waals surface area contributed by atoms with E-state index in [1.54, 1.807) is 12.1 Å². The van der Waals surface area contributed by atoms with E-state index in [9.17, 15) is 8.42 Å². The summed E-state index contributed by atoms with van der Waals surface area (Å²) in [7, 11) is -3.59. The van der Waals surface area contributed by atoms with Crippen LogP contribution in [0.1, 0.15) is 30.9 Å². The summed E-state index contributed by atoms with van der Waals surface area (Å²) in [5.41, 5.74) is 1.86. The fraction of sp³-hybridized carbons (Fsp3) is 0.455. The number of rotatable bonds is 4. The maximum absolute atomic E-state index is 11.3.